The van der Waals surface area contributed by atoms with Gasteiger partial charge < -0.3 is 10.1 Å². The summed E-state index contributed by atoms with van der Waals surface area (Å²) < 4.78 is 18.8. The molecular weight excluding hydrogens is 253 g/mol. The number of anilines is 1. The van der Waals surface area contributed by atoms with Crippen molar-refractivity contribution in [3.63, 3.8) is 0 Å². The van der Waals surface area contributed by atoms with E-state index in [4.69, 9.17) is 4.74 Å². The van der Waals surface area contributed by atoms with E-state index in [-0.39, 0.29) is 11.9 Å². The Hall–Kier alpha value is -2.03. The molecule has 2 rings (SSSR count). The van der Waals surface area contributed by atoms with Gasteiger partial charge >= 0.3 is 0 Å². The van der Waals surface area contributed by atoms with E-state index in [1.165, 1.54) is 0 Å². The summed E-state index contributed by atoms with van der Waals surface area (Å²) in [6.45, 7) is 5.79. The number of aryl methyl sites for hydroxylation is 2. The fourth-order valence-corrected chi connectivity index (χ4v) is 2.18. The van der Waals surface area contributed by atoms with Gasteiger partial charge in [-0.05, 0) is 61.7 Å². The number of nitrogens with one attached hydrogen (secondary N) is 1. The zero-order valence-electron chi connectivity index (χ0n) is 12.3. The van der Waals surface area contributed by atoms with Crippen molar-refractivity contribution in [3.8, 4) is 5.75 Å². The van der Waals surface area contributed by atoms with Crippen LogP contribution in [0.2, 0.25) is 0 Å². The smallest absolute Gasteiger partial charge is 0.126 e. The lowest BCUT2D eigenvalue weighted by Gasteiger charge is -2.17. The maximum absolute atomic E-state index is 13.6. The highest BCUT2D eigenvalue weighted by atomic mass is 19.1. The molecule has 0 saturated carbocycles. The van der Waals surface area contributed by atoms with Crippen molar-refractivity contribution < 1.29 is 9.13 Å². The van der Waals surface area contributed by atoms with Crippen LogP contribution < -0.4 is 10.1 Å². The first-order chi connectivity index (χ1) is 9.51. The van der Waals surface area contributed by atoms with E-state index in [1.54, 1.807) is 20.1 Å². The Kier molecular flexibility index (Phi) is 4.28. The minimum atomic E-state index is -0.165. The largest absolute Gasteiger partial charge is 0.496 e. The molecule has 106 valence electrons. The average Bonchev–Trinajstić information content (AvgIpc) is 2.42. The van der Waals surface area contributed by atoms with Gasteiger partial charge in [-0.2, -0.15) is 0 Å². The summed E-state index contributed by atoms with van der Waals surface area (Å²) in [4.78, 5) is 0. The molecule has 0 spiro atoms. The van der Waals surface area contributed by atoms with Gasteiger partial charge in [-0.25, -0.2) is 4.39 Å². The molecule has 0 saturated heterocycles. The molecule has 1 N–H and O–H groups in total. The summed E-state index contributed by atoms with van der Waals surface area (Å²) in [5.41, 5.74) is 3.67. The maximum atomic E-state index is 13.6. The number of rotatable bonds is 4. The van der Waals surface area contributed by atoms with Crippen molar-refractivity contribution in [2.24, 2.45) is 0 Å². The summed E-state index contributed by atoms with van der Waals surface area (Å²) >= 11 is 0. The SMILES string of the molecule is COc1ccc(NC(C)c2ccc(C)c(F)c2)cc1C. The monoisotopic (exact) mass is 273 g/mol. The minimum absolute atomic E-state index is 0.0397. The molecule has 2 nitrogen and oxygen atoms in total. The molecule has 1 unspecified atom stereocenters. The lowest BCUT2D eigenvalue weighted by molar-refractivity contribution is 0.412. The fraction of sp³-hybridized carbons (Fsp3) is 0.294. The first-order valence-electron chi connectivity index (χ1n) is 6.68. The first kappa shape index (κ1) is 14.4. The zero-order valence-corrected chi connectivity index (χ0v) is 12.3. The number of methoxy groups -OCH3 is 1. The van der Waals surface area contributed by atoms with Crippen LogP contribution in [-0.2, 0) is 0 Å². The van der Waals surface area contributed by atoms with Gasteiger partial charge in [-0.3, -0.25) is 0 Å². The Morgan fingerprint density at radius 1 is 1.05 bits per heavy atom. The van der Waals surface area contributed by atoms with Crippen LogP contribution in [0.4, 0.5) is 10.1 Å². The highest BCUT2D eigenvalue weighted by Crippen LogP contribution is 2.25. The highest BCUT2D eigenvalue weighted by Gasteiger charge is 2.08. The summed E-state index contributed by atoms with van der Waals surface area (Å²) in [5, 5.41) is 3.37. The molecule has 0 heterocycles. The molecule has 3 heteroatoms. The lowest BCUT2D eigenvalue weighted by atomic mass is 10.1. The van der Waals surface area contributed by atoms with Crippen LogP contribution >= 0.6 is 0 Å². The molecule has 20 heavy (non-hydrogen) atoms. The molecule has 0 aliphatic carbocycles. The van der Waals surface area contributed by atoms with Gasteiger partial charge in [0.1, 0.15) is 11.6 Å². The summed E-state index contributed by atoms with van der Waals surface area (Å²) in [6, 6.07) is 11.3. The third kappa shape index (κ3) is 3.10. The quantitative estimate of drug-likeness (QED) is 0.877. The molecule has 2 aromatic rings. The van der Waals surface area contributed by atoms with Gasteiger partial charge in [0.05, 0.1) is 7.11 Å². The normalized spacial score (nSPS) is 12.1. The van der Waals surface area contributed by atoms with Crippen molar-refractivity contribution >= 4 is 5.69 Å². The Morgan fingerprint density at radius 3 is 2.40 bits per heavy atom. The molecule has 0 aliphatic rings. The third-order valence-corrected chi connectivity index (χ3v) is 3.47. The van der Waals surface area contributed by atoms with E-state index in [2.05, 4.69) is 5.32 Å². The molecule has 0 radical (unpaired) electrons. The van der Waals surface area contributed by atoms with Crippen LogP contribution in [0.3, 0.4) is 0 Å². The van der Waals surface area contributed by atoms with Crippen LogP contribution in [0.15, 0.2) is 36.4 Å². The maximum Gasteiger partial charge on any atom is 0.126 e. The molecule has 0 amide bonds. The van der Waals surface area contributed by atoms with Crippen LogP contribution in [0.5, 0.6) is 5.75 Å². The number of ether oxygens (including phenoxy) is 1. The average molecular weight is 273 g/mol. The summed E-state index contributed by atoms with van der Waals surface area (Å²) in [6.07, 6.45) is 0. The van der Waals surface area contributed by atoms with E-state index < -0.39 is 0 Å². The zero-order chi connectivity index (χ0) is 14.7. The third-order valence-electron chi connectivity index (χ3n) is 3.47. The van der Waals surface area contributed by atoms with Gasteiger partial charge in [0.2, 0.25) is 0 Å². The Bertz CT molecular complexity index is 610. The minimum Gasteiger partial charge on any atom is -0.496 e. The molecule has 0 aromatic heterocycles. The van der Waals surface area contributed by atoms with Gasteiger partial charge in [-0.1, -0.05) is 12.1 Å². The van der Waals surface area contributed by atoms with Crippen molar-refractivity contribution in [1.29, 1.82) is 0 Å². The Labute approximate surface area is 119 Å². The van der Waals surface area contributed by atoms with Gasteiger partial charge in [0.15, 0.2) is 0 Å². The van der Waals surface area contributed by atoms with Crippen molar-refractivity contribution in [2.75, 3.05) is 12.4 Å². The standard InChI is InChI=1S/C17H20FNO/c1-11-5-6-14(10-16(11)18)13(3)19-15-7-8-17(20-4)12(2)9-15/h5-10,13,19H,1-4H3. The van der Waals surface area contributed by atoms with Crippen molar-refractivity contribution in [1.82, 2.24) is 0 Å². The molecule has 0 fully saturated rings. The van der Waals surface area contributed by atoms with Gasteiger partial charge in [0, 0.05) is 11.7 Å². The topological polar surface area (TPSA) is 21.3 Å². The molecule has 0 bridgehead atoms. The van der Waals surface area contributed by atoms with E-state index >= 15 is 0 Å². The van der Waals surface area contributed by atoms with E-state index in [0.29, 0.717) is 5.56 Å². The number of halogens is 1. The second-order valence-electron chi connectivity index (χ2n) is 5.06. The van der Waals surface area contributed by atoms with Gasteiger partial charge in [0.25, 0.3) is 0 Å². The van der Waals surface area contributed by atoms with Crippen LogP contribution in [0.25, 0.3) is 0 Å². The van der Waals surface area contributed by atoms with E-state index in [1.807, 2.05) is 44.2 Å². The lowest BCUT2D eigenvalue weighted by Crippen LogP contribution is -2.07. The highest BCUT2D eigenvalue weighted by molar-refractivity contribution is 5.52. The first-order valence-corrected chi connectivity index (χ1v) is 6.68. The fourth-order valence-electron chi connectivity index (χ4n) is 2.18. The summed E-state index contributed by atoms with van der Waals surface area (Å²) in [7, 11) is 1.66. The molecule has 0 aliphatic heterocycles. The molecule has 1 atom stereocenters. The predicted octanol–water partition coefficient (Wildman–Crippen LogP) is 4.62. The Morgan fingerprint density at radius 2 is 1.80 bits per heavy atom. The van der Waals surface area contributed by atoms with Crippen LogP contribution in [0, 0.1) is 19.7 Å². The number of benzene rings is 2. The van der Waals surface area contributed by atoms with Crippen LogP contribution in [-0.4, -0.2) is 7.11 Å². The summed E-state index contributed by atoms with van der Waals surface area (Å²) in [5.74, 6) is 0.701. The predicted molar refractivity (Wildman–Crippen MR) is 80.9 cm³/mol. The molecular formula is C17H20FNO. The number of hydrogen-bond donors (Lipinski definition) is 1. The van der Waals surface area contributed by atoms with E-state index in [0.717, 1.165) is 22.6 Å². The molecule has 2 aromatic carbocycles. The van der Waals surface area contributed by atoms with Gasteiger partial charge in [-0.15, -0.1) is 0 Å². The van der Waals surface area contributed by atoms with Crippen LogP contribution in [0.1, 0.15) is 29.7 Å². The second kappa shape index (κ2) is 5.95. The van der Waals surface area contributed by atoms with E-state index in [9.17, 15) is 4.39 Å². The van der Waals surface area contributed by atoms with Crippen molar-refractivity contribution in [2.45, 2.75) is 26.8 Å². The Balaban J connectivity index is 2.16. The van der Waals surface area contributed by atoms with Crippen molar-refractivity contribution in [3.05, 3.63) is 58.9 Å². The second-order valence-corrected chi connectivity index (χ2v) is 5.06. The number of hydrogen-bond acceptors (Lipinski definition) is 2.